The molecule has 0 unspecified atom stereocenters. The minimum Gasteiger partial charge on any atom is -0.453 e. The Morgan fingerprint density at radius 2 is 2.14 bits per heavy atom. The number of cyclic esters (lactones) is 1. The van der Waals surface area contributed by atoms with Crippen LogP contribution in [0.4, 0.5) is 5.69 Å². The summed E-state index contributed by atoms with van der Waals surface area (Å²) in [6.07, 6.45) is 1.13. The lowest BCUT2D eigenvalue weighted by molar-refractivity contribution is -0.139. The topological polar surface area (TPSA) is 50.7 Å². The minimum absolute atomic E-state index is 0.212. The Balaban J connectivity index is 2.36. The molecule has 1 aliphatic rings. The third-order valence-corrected chi connectivity index (χ3v) is 3.41. The number of para-hydroxylation sites is 1. The molecule has 110 valence electrons. The number of carbonyl (C=O) groups excluding carboxylic acids is 1. The van der Waals surface area contributed by atoms with Crippen LogP contribution < -0.4 is 5.32 Å². The van der Waals surface area contributed by atoms with Crippen LogP contribution in [0.15, 0.2) is 52.8 Å². The maximum Gasteiger partial charge on any atom is 0.357 e. The van der Waals surface area contributed by atoms with E-state index < -0.39 is 0 Å². The van der Waals surface area contributed by atoms with Gasteiger partial charge in [0.2, 0.25) is 0 Å². The molecule has 1 aromatic carbocycles. The molecule has 1 aliphatic heterocycles. The minimum atomic E-state index is -0.378. The molecule has 0 bridgehead atoms. The van der Waals surface area contributed by atoms with Gasteiger partial charge in [-0.25, -0.2) is 4.79 Å². The monoisotopic (exact) mass is 284 g/mol. The summed E-state index contributed by atoms with van der Waals surface area (Å²) in [5.74, 6) is -0.378. The fraction of sp³-hybridized carbons (Fsp3) is 0.294. The van der Waals surface area contributed by atoms with E-state index in [9.17, 15) is 4.79 Å². The van der Waals surface area contributed by atoms with Crippen LogP contribution in [0.25, 0.3) is 0 Å². The Morgan fingerprint density at radius 3 is 2.76 bits per heavy atom. The summed E-state index contributed by atoms with van der Waals surface area (Å²) in [6.45, 7) is 11.2. The maximum atomic E-state index is 11.8. The lowest BCUT2D eigenvalue weighted by Crippen LogP contribution is -2.12. The molecule has 1 aromatic rings. The molecule has 0 saturated carbocycles. The van der Waals surface area contributed by atoms with E-state index in [4.69, 9.17) is 4.74 Å². The van der Waals surface area contributed by atoms with Crippen molar-refractivity contribution in [1.82, 2.24) is 0 Å². The van der Waals surface area contributed by atoms with Crippen LogP contribution in [0.3, 0.4) is 0 Å². The summed E-state index contributed by atoms with van der Waals surface area (Å²) in [5, 5.41) is 3.24. The van der Waals surface area contributed by atoms with E-state index >= 15 is 0 Å². The van der Waals surface area contributed by atoms with E-state index in [1.54, 1.807) is 0 Å². The second-order valence-corrected chi connectivity index (χ2v) is 5.07. The molecule has 0 radical (unpaired) electrons. The molecule has 0 aromatic heterocycles. The fourth-order valence-electron chi connectivity index (χ4n) is 2.46. The molecule has 21 heavy (non-hydrogen) atoms. The van der Waals surface area contributed by atoms with Crippen LogP contribution in [-0.2, 0) is 16.0 Å². The maximum absolute atomic E-state index is 11.8. The van der Waals surface area contributed by atoms with Gasteiger partial charge in [0.05, 0.1) is 0 Å². The van der Waals surface area contributed by atoms with Crippen molar-refractivity contribution in [2.24, 2.45) is 4.99 Å². The molecule has 0 amide bonds. The Kier molecular flexibility index (Phi) is 4.58. The first-order valence-corrected chi connectivity index (χ1v) is 6.98. The van der Waals surface area contributed by atoms with Gasteiger partial charge < -0.3 is 10.1 Å². The van der Waals surface area contributed by atoms with E-state index in [-0.39, 0.29) is 12.1 Å². The fourth-order valence-corrected chi connectivity index (χ4v) is 2.46. The third-order valence-electron chi connectivity index (χ3n) is 3.41. The van der Waals surface area contributed by atoms with Gasteiger partial charge in [-0.05, 0) is 31.7 Å². The predicted octanol–water partition coefficient (Wildman–Crippen LogP) is 3.46. The van der Waals surface area contributed by atoms with Gasteiger partial charge in [-0.1, -0.05) is 31.7 Å². The molecule has 0 aliphatic carbocycles. The highest BCUT2D eigenvalue weighted by Crippen LogP contribution is 2.31. The highest BCUT2D eigenvalue weighted by molar-refractivity contribution is 5.92. The van der Waals surface area contributed by atoms with Crippen molar-refractivity contribution in [3.05, 3.63) is 53.4 Å². The molecule has 1 atom stereocenters. The van der Waals surface area contributed by atoms with Gasteiger partial charge >= 0.3 is 5.97 Å². The Bertz CT molecular complexity index is 617. The van der Waals surface area contributed by atoms with Crippen LogP contribution in [0.5, 0.6) is 0 Å². The van der Waals surface area contributed by atoms with E-state index in [1.165, 1.54) is 0 Å². The second kappa shape index (κ2) is 6.39. The van der Waals surface area contributed by atoms with Crippen molar-refractivity contribution in [2.45, 2.75) is 32.8 Å². The molecule has 1 N–H and O–H groups in total. The highest BCUT2D eigenvalue weighted by Gasteiger charge is 2.32. The molecule has 1 heterocycles. The number of benzene rings is 1. The number of allylic oxidation sites excluding steroid dienone is 1. The molecule has 4 heteroatoms. The lowest BCUT2D eigenvalue weighted by atomic mass is 9.97. The van der Waals surface area contributed by atoms with Gasteiger partial charge in [-0.2, -0.15) is 0 Å². The molecule has 0 saturated heterocycles. The van der Waals surface area contributed by atoms with Gasteiger partial charge in [0.1, 0.15) is 6.10 Å². The van der Waals surface area contributed by atoms with E-state index in [1.807, 2.05) is 38.1 Å². The molecular formula is C17H20N2O2. The molecule has 0 fully saturated rings. The average Bonchev–Trinajstić information content (AvgIpc) is 2.75. The number of hydrogen-bond acceptors (Lipinski definition) is 4. The zero-order valence-corrected chi connectivity index (χ0v) is 12.5. The zero-order valence-electron chi connectivity index (χ0n) is 12.5. The van der Waals surface area contributed by atoms with Gasteiger partial charge in [0.15, 0.2) is 5.70 Å². The van der Waals surface area contributed by atoms with Gasteiger partial charge in [0.25, 0.3) is 0 Å². The van der Waals surface area contributed by atoms with Crippen molar-refractivity contribution in [2.75, 3.05) is 5.32 Å². The van der Waals surface area contributed by atoms with Crippen molar-refractivity contribution >= 4 is 18.4 Å². The smallest absolute Gasteiger partial charge is 0.357 e. The summed E-state index contributed by atoms with van der Waals surface area (Å²) in [4.78, 5) is 15.6. The largest absolute Gasteiger partial charge is 0.453 e. The van der Waals surface area contributed by atoms with Crippen molar-refractivity contribution in [3.8, 4) is 0 Å². The second-order valence-electron chi connectivity index (χ2n) is 5.07. The first-order chi connectivity index (χ1) is 10.1. The van der Waals surface area contributed by atoms with Crippen LogP contribution in [-0.4, -0.2) is 18.8 Å². The molecular weight excluding hydrogens is 264 g/mol. The van der Waals surface area contributed by atoms with Crippen molar-refractivity contribution in [1.29, 1.82) is 0 Å². The molecule has 4 nitrogen and oxygen atoms in total. The van der Waals surface area contributed by atoms with E-state index in [0.29, 0.717) is 12.1 Å². The first kappa shape index (κ1) is 15.0. The zero-order chi connectivity index (χ0) is 15.4. The standard InChI is InChI=1S/C17H20N2O2/c1-5-15-13(16(18-4)17(20)21-15)10-12-8-6-7-9-14(12)19-11(2)3/h6-9,15,19H,2,4-5,10H2,1,3H3/t15-/m1/s1. The first-order valence-electron chi connectivity index (χ1n) is 6.98. The highest BCUT2D eigenvalue weighted by atomic mass is 16.5. The number of rotatable bonds is 6. The Hall–Kier alpha value is -2.36. The summed E-state index contributed by atoms with van der Waals surface area (Å²) < 4.78 is 5.34. The van der Waals surface area contributed by atoms with Crippen LogP contribution >= 0.6 is 0 Å². The number of esters is 1. The van der Waals surface area contributed by atoms with Gasteiger partial charge in [-0.3, -0.25) is 4.99 Å². The van der Waals surface area contributed by atoms with Crippen LogP contribution in [0.1, 0.15) is 25.8 Å². The quantitative estimate of drug-likeness (QED) is 0.643. The number of ether oxygens (including phenoxy) is 1. The predicted molar refractivity (Wildman–Crippen MR) is 85.3 cm³/mol. The summed E-state index contributed by atoms with van der Waals surface area (Å²) in [6, 6.07) is 7.95. The number of nitrogens with zero attached hydrogens (tertiary/aromatic N) is 1. The van der Waals surface area contributed by atoms with Crippen LogP contribution in [0.2, 0.25) is 0 Å². The number of anilines is 1. The normalized spacial score (nSPS) is 17.6. The SMILES string of the molecule is C=NC1=C(Cc2ccccc2NC(=C)C)[C@@H](CC)OC1=O. The number of aliphatic imine (C=N–C) groups is 1. The van der Waals surface area contributed by atoms with Crippen molar-refractivity contribution < 1.29 is 9.53 Å². The lowest BCUT2D eigenvalue weighted by Gasteiger charge is -2.15. The Morgan fingerprint density at radius 1 is 1.43 bits per heavy atom. The van der Waals surface area contributed by atoms with E-state index in [0.717, 1.165) is 28.9 Å². The Labute approximate surface area is 125 Å². The summed E-state index contributed by atoms with van der Waals surface area (Å²) in [5.41, 5.74) is 4.17. The molecule has 0 spiro atoms. The molecule has 2 rings (SSSR count). The van der Waals surface area contributed by atoms with E-state index in [2.05, 4.69) is 23.6 Å². The average molecular weight is 284 g/mol. The number of hydrogen-bond donors (Lipinski definition) is 1. The van der Waals surface area contributed by atoms with Crippen molar-refractivity contribution in [3.63, 3.8) is 0 Å². The summed E-state index contributed by atoms with van der Waals surface area (Å²) in [7, 11) is 0. The number of carbonyl (C=O) groups is 1. The van der Waals surface area contributed by atoms with Crippen LogP contribution in [0, 0.1) is 0 Å². The third kappa shape index (κ3) is 3.21. The van der Waals surface area contributed by atoms with Gasteiger partial charge in [-0.15, -0.1) is 0 Å². The van der Waals surface area contributed by atoms with Gasteiger partial charge in [0, 0.05) is 23.4 Å². The number of nitrogens with one attached hydrogen (secondary N) is 1. The summed E-state index contributed by atoms with van der Waals surface area (Å²) >= 11 is 0.